The summed E-state index contributed by atoms with van der Waals surface area (Å²) in [6.45, 7) is 4.18. The summed E-state index contributed by atoms with van der Waals surface area (Å²) >= 11 is 12.6. The van der Waals surface area contributed by atoms with Gasteiger partial charge in [-0.25, -0.2) is 9.97 Å². The van der Waals surface area contributed by atoms with Gasteiger partial charge in [0, 0.05) is 42.8 Å². The van der Waals surface area contributed by atoms with Gasteiger partial charge in [0.25, 0.3) is 0 Å². The molecular formula is C26H25Cl2N5O. The van der Waals surface area contributed by atoms with Gasteiger partial charge in [0.2, 0.25) is 0 Å². The van der Waals surface area contributed by atoms with Crippen molar-refractivity contribution < 1.29 is 4.74 Å². The van der Waals surface area contributed by atoms with Crippen LogP contribution in [0.3, 0.4) is 0 Å². The lowest BCUT2D eigenvalue weighted by Gasteiger charge is -2.36. The third-order valence-electron chi connectivity index (χ3n) is 5.99. The Balaban J connectivity index is 1.39. The Morgan fingerprint density at radius 2 is 1.59 bits per heavy atom. The van der Waals surface area contributed by atoms with Gasteiger partial charge in [-0.05, 0) is 48.0 Å². The first-order valence-corrected chi connectivity index (χ1v) is 11.9. The number of hydrogen-bond acceptors (Lipinski definition) is 6. The van der Waals surface area contributed by atoms with E-state index >= 15 is 0 Å². The molecule has 1 aromatic heterocycles. The Morgan fingerprint density at radius 1 is 0.882 bits per heavy atom. The van der Waals surface area contributed by atoms with E-state index in [1.807, 2.05) is 66.7 Å². The third kappa shape index (κ3) is 4.89. The highest BCUT2D eigenvalue weighted by Crippen LogP contribution is 2.32. The molecule has 0 saturated carbocycles. The number of para-hydroxylation sites is 4. The lowest BCUT2D eigenvalue weighted by Crippen LogP contribution is -2.46. The van der Waals surface area contributed by atoms with Crippen LogP contribution < -0.4 is 15.0 Å². The largest absolute Gasteiger partial charge is 0.495 e. The molecule has 8 heteroatoms. The summed E-state index contributed by atoms with van der Waals surface area (Å²) in [6, 6.07) is 21.4. The van der Waals surface area contributed by atoms with Crippen LogP contribution in [0.2, 0.25) is 10.0 Å². The molecule has 4 aromatic rings. The number of benzene rings is 3. The third-order valence-corrected chi connectivity index (χ3v) is 6.59. The van der Waals surface area contributed by atoms with E-state index in [1.54, 1.807) is 7.11 Å². The number of rotatable bonds is 6. The van der Waals surface area contributed by atoms with Crippen molar-refractivity contribution >= 4 is 51.6 Å². The Morgan fingerprint density at radius 3 is 2.35 bits per heavy atom. The highest BCUT2D eigenvalue weighted by molar-refractivity contribution is 6.33. The van der Waals surface area contributed by atoms with Gasteiger partial charge in [0.05, 0.1) is 23.8 Å². The molecule has 3 aromatic carbocycles. The fraction of sp³-hybridized carbons (Fsp3) is 0.231. The van der Waals surface area contributed by atoms with E-state index in [1.165, 1.54) is 0 Å². The van der Waals surface area contributed by atoms with Crippen molar-refractivity contribution in [1.29, 1.82) is 0 Å². The van der Waals surface area contributed by atoms with E-state index < -0.39 is 0 Å². The second kappa shape index (κ2) is 10.1. The maximum absolute atomic E-state index is 6.39. The fourth-order valence-corrected chi connectivity index (χ4v) is 4.57. The fourth-order valence-electron chi connectivity index (χ4n) is 4.19. The molecule has 1 aliphatic rings. The molecule has 0 amide bonds. The Hall–Kier alpha value is -3.06. The SMILES string of the molecule is COc1ccccc1Nc1nc2ccccc2nc1N1CCN(Cc2cc(Cl)ccc2Cl)CC1. The second-order valence-electron chi connectivity index (χ2n) is 8.21. The highest BCUT2D eigenvalue weighted by atomic mass is 35.5. The number of aromatic nitrogens is 2. The molecule has 34 heavy (non-hydrogen) atoms. The van der Waals surface area contributed by atoms with Crippen LogP contribution in [0.5, 0.6) is 5.75 Å². The number of nitrogens with zero attached hydrogens (tertiary/aromatic N) is 4. The molecule has 1 N–H and O–H groups in total. The summed E-state index contributed by atoms with van der Waals surface area (Å²) in [4.78, 5) is 14.6. The molecule has 174 valence electrons. The van der Waals surface area contributed by atoms with E-state index in [0.29, 0.717) is 5.02 Å². The molecule has 0 spiro atoms. The van der Waals surface area contributed by atoms with Gasteiger partial charge in [0.15, 0.2) is 11.6 Å². The van der Waals surface area contributed by atoms with Gasteiger partial charge in [-0.3, -0.25) is 4.90 Å². The topological polar surface area (TPSA) is 53.5 Å². The second-order valence-corrected chi connectivity index (χ2v) is 9.05. The van der Waals surface area contributed by atoms with Gasteiger partial charge in [-0.2, -0.15) is 0 Å². The number of fused-ring (bicyclic) bond motifs is 1. The van der Waals surface area contributed by atoms with Crippen molar-refractivity contribution in [2.75, 3.05) is 43.5 Å². The number of hydrogen-bond donors (Lipinski definition) is 1. The van der Waals surface area contributed by atoms with Gasteiger partial charge in [-0.15, -0.1) is 0 Å². The minimum Gasteiger partial charge on any atom is -0.495 e. The van der Waals surface area contributed by atoms with E-state index in [-0.39, 0.29) is 0 Å². The Kier molecular flexibility index (Phi) is 6.72. The molecule has 0 atom stereocenters. The zero-order valence-electron chi connectivity index (χ0n) is 18.8. The molecule has 2 heterocycles. The van der Waals surface area contributed by atoms with Crippen LogP contribution in [0.15, 0.2) is 66.7 Å². The number of nitrogens with one attached hydrogen (secondary N) is 1. The normalized spacial score (nSPS) is 14.4. The minimum absolute atomic E-state index is 0.705. The average molecular weight is 494 g/mol. The molecule has 1 aliphatic heterocycles. The Bertz CT molecular complexity index is 1310. The van der Waals surface area contributed by atoms with Crippen LogP contribution in [0.4, 0.5) is 17.3 Å². The predicted octanol–water partition coefficient (Wildman–Crippen LogP) is 6.01. The quantitative estimate of drug-likeness (QED) is 0.354. The highest BCUT2D eigenvalue weighted by Gasteiger charge is 2.23. The van der Waals surface area contributed by atoms with Crippen molar-refractivity contribution in [3.8, 4) is 5.75 Å². The Labute approximate surface area is 209 Å². The molecule has 0 aliphatic carbocycles. The standard InChI is InChI=1S/C26H25Cl2N5O/c1-34-24-9-5-4-8-23(24)30-25-26(31-22-7-3-2-6-21(22)29-25)33-14-12-32(13-15-33)17-18-16-19(27)10-11-20(18)28/h2-11,16H,12-15,17H2,1H3,(H,29,30). The van der Waals surface area contributed by atoms with Crippen LogP contribution in [0.25, 0.3) is 11.0 Å². The average Bonchev–Trinajstić information content (AvgIpc) is 2.87. The van der Waals surface area contributed by atoms with Crippen molar-refractivity contribution in [3.05, 3.63) is 82.3 Å². The van der Waals surface area contributed by atoms with Crippen molar-refractivity contribution in [3.63, 3.8) is 0 Å². The summed E-state index contributed by atoms with van der Waals surface area (Å²) in [5.74, 6) is 2.31. The van der Waals surface area contributed by atoms with Crippen molar-refractivity contribution in [2.45, 2.75) is 6.54 Å². The van der Waals surface area contributed by atoms with Gasteiger partial charge in [-0.1, -0.05) is 47.5 Å². The summed E-state index contributed by atoms with van der Waals surface area (Å²) in [5.41, 5.74) is 3.62. The summed E-state index contributed by atoms with van der Waals surface area (Å²) in [5, 5.41) is 4.91. The van der Waals surface area contributed by atoms with Crippen molar-refractivity contribution in [1.82, 2.24) is 14.9 Å². The van der Waals surface area contributed by atoms with Crippen molar-refractivity contribution in [2.24, 2.45) is 0 Å². The van der Waals surface area contributed by atoms with E-state index in [0.717, 1.165) is 77.4 Å². The zero-order valence-corrected chi connectivity index (χ0v) is 20.4. The first-order chi connectivity index (χ1) is 16.6. The number of piperazine rings is 1. The first-order valence-electron chi connectivity index (χ1n) is 11.2. The molecule has 5 rings (SSSR count). The van der Waals surface area contributed by atoms with Crippen LogP contribution >= 0.6 is 23.2 Å². The van der Waals surface area contributed by atoms with Crippen LogP contribution in [0, 0.1) is 0 Å². The molecule has 0 radical (unpaired) electrons. The molecular weight excluding hydrogens is 469 g/mol. The lowest BCUT2D eigenvalue weighted by atomic mass is 10.2. The van der Waals surface area contributed by atoms with E-state index in [4.69, 9.17) is 37.9 Å². The number of ether oxygens (including phenoxy) is 1. The van der Waals surface area contributed by atoms with Gasteiger partial charge >= 0.3 is 0 Å². The van der Waals surface area contributed by atoms with Crippen LogP contribution in [-0.2, 0) is 6.54 Å². The number of anilines is 3. The zero-order chi connectivity index (χ0) is 23.5. The van der Waals surface area contributed by atoms with Gasteiger partial charge in [0.1, 0.15) is 5.75 Å². The molecule has 1 saturated heterocycles. The smallest absolute Gasteiger partial charge is 0.174 e. The predicted molar refractivity (Wildman–Crippen MR) is 140 cm³/mol. The van der Waals surface area contributed by atoms with Gasteiger partial charge < -0.3 is 15.0 Å². The number of halogens is 2. The minimum atomic E-state index is 0.705. The molecule has 0 bridgehead atoms. The summed E-state index contributed by atoms with van der Waals surface area (Å²) < 4.78 is 5.53. The monoisotopic (exact) mass is 493 g/mol. The van der Waals surface area contributed by atoms with E-state index in [9.17, 15) is 0 Å². The molecule has 0 unspecified atom stereocenters. The molecule has 6 nitrogen and oxygen atoms in total. The summed E-state index contributed by atoms with van der Waals surface area (Å²) in [7, 11) is 1.67. The number of methoxy groups -OCH3 is 1. The van der Waals surface area contributed by atoms with Crippen LogP contribution in [0.1, 0.15) is 5.56 Å². The maximum atomic E-state index is 6.39. The van der Waals surface area contributed by atoms with E-state index in [2.05, 4.69) is 15.1 Å². The lowest BCUT2D eigenvalue weighted by molar-refractivity contribution is 0.249. The van der Waals surface area contributed by atoms with Crippen LogP contribution in [-0.4, -0.2) is 48.2 Å². The first kappa shape index (κ1) is 22.7. The molecule has 1 fully saturated rings. The summed E-state index contributed by atoms with van der Waals surface area (Å²) in [6.07, 6.45) is 0. The maximum Gasteiger partial charge on any atom is 0.174 e.